The third-order valence-electron chi connectivity index (χ3n) is 3.95. The predicted octanol–water partition coefficient (Wildman–Crippen LogP) is 2.08. The van der Waals surface area contributed by atoms with E-state index in [9.17, 15) is 14.7 Å². The van der Waals surface area contributed by atoms with Crippen molar-refractivity contribution >= 4 is 12.0 Å². The summed E-state index contributed by atoms with van der Waals surface area (Å²) >= 11 is 0. The molecule has 1 aromatic heterocycles. The molecule has 6 heteroatoms. The molecule has 0 aliphatic heterocycles. The molecule has 1 heterocycles. The lowest BCUT2D eigenvalue weighted by atomic mass is 9.74. The van der Waals surface area contributed by atoms with E-state index in [1.165, 1.54) is 0 Å². The van der Waals surface area contributed by atoms with Crippen LogP contribution in [0.3, 0.4) is 0 Å². The Morgan fingerprint density at radius 3 is 2.33 bits per heavy atom. The molecule has 0 aromatic carbocycles. The first kappa shape index (κ1) is 16.9. The van der Waals surface area contributed by atoms with E-state index in [0.717, 1.165) is 11.3 Å². The van der Waals surface area contributed by atoms with Crippen molar-refractivity contribution in [2.24, 2.45) is 5.41 Å². The highest BCUT2D eigenvalue weighted by molar-refractivity contribution is 5.79. The van der Waals surface area contributed by atoms with Crippen LogP contribution in [-0.4, -0.2) is 27.6 Å². The van der Waals surface area contributed by atoms with Crippen LogP contribution in [0.5, 0.6) is 0 Å². The van der Waals surface area contributed by atoms with Gasteiger partial charge in [-0.05, 0) is 46.2 Å². The van der Waals surface area contributed by atoms with Crippen molar-refractivity contribution in [2.45, 2.75) is 46.7 Å². The number of carbonyl (C=O) groups excluding carboxylic acids is 1. The number of pyridine rings is 1. The number of hydrogen-bond acceptors (Lipinski definition) is 3. The highest BCUT2D eigenvalue weighted by atomic mass is 16.4. The standard InChI is InChI=1S/C15H23N3O3/c1-10-6-7-11(8-16-10)9-17-13(21)18-15(4,5)14(2,3)12(19)20/h6-8H,9H2,1-5H3,(H,19,20)(H2,17,18,21). The van der Waals surface area contributed by atoms with E-state index in [1.54, 1.807) is 33.9 Å². The molecule has 116 valence electrons. The summed E-state index contributed by atoms with van der Waals surface area (Å²) in [6.45, 7) is 8.77. The number of aromatic nitrogens is 1. The van der Waals surface area contributed by atoms with E-state index >= 15 is 0 Å². The summed E-state index contributed by atoms with van der Waals surface area (Å²) in [5, 5.41) is 14.7. The van der Waals surface area contributed by atoms with Crippen molar-refractivity contribution in [3.05, 3.63) is 29.6 Å². The number of urea groups is 1. The van der Waals surface area contributed by atoms with Gasteiger partial charge >= 0.3 is 12.0 Å². The number of amides is 2. The van der Waals surface area contributed by atoms with E-state index in [0.29, 0.717) is 6.54 Å². The fourth-order valence-electron chi connectivity index (χ4n) is 1.54. The molecule has 21 heavy (non-hydrogen) atoms. The van der Waals surface area contributed by atoms with Gasteiger partial charge in [0.2, 0.25) is 0 Å². The van der Waals surface area contributed by atoms with Gasteiger partial charge < -0.3 is 15.7 Å². The van der Waals surface area contributed by atoms with Gasteiger partial charge in [0.15, 0.2) is 0 Å². The number of aryl methyl sites for hydroxylation is 1. The van der Waals surface area contributed by atoms with E-state index in [-0.39, 0.29) is 0 Å². The molecule has 0 fully saturated rings. The van der Waals surface area contributed by atoms with Crippen molar-refractivity contribution in [2.75, 3.05) is 0 Å². The van der Waals surface area contributed by atoms with E-state index in [4.69, 9.17) is 0 Å². The van der Waals surface area contributed by atoms with Crippen LogP contribution in [0.25, 0.3) is 0 Å². The Morgan fingerprint density at radius 2 is 1.86 bits per heavy atom. The zero-order chi connectivity index (χ0) is 16.3. The molecule has 0 bridgehead atoms. The molecule has 0 spiro atoms. The summed E-state index contributed by atoms with van der Waals surface area (Å²) in [6.07, 6.45) is 1.70. The second-order valence-electron chi connectivity index (χ2n) is 6.17. The van der Waals surface area contributed by atoms with Crippen molar-refractivity contribution in [1.29, 1.82) is 0 Å². The molecule has 1 aromatic rings. The average molecular weight is 293 g/mol. The van der Waals surface area contributed by atoms with E-state index < -0.39 is 23.0 Å². The van der Waals surface area contributed by atoms with Crippen LogP contribution in [0.2, 0.25) is 0 Å². The monoisotopic (exact) mass is 293 g/mol. The van der Waals surface area contributed by atoms with Gasteiger partial charge in [-0.2, -0.15) is 0 Å². The van der Waals surface area contributed by atoms with Crippen molar-refractivity contribution < 1.29 is 14.7 Å². The Hall–Kier alpha value is -2.11. The summed E-state index contributed by atoms with van der Waals surface area (Å²) in [5.41, 5.74) is -0.192. The highest BCUT2D eigenvalue weighted by Gasteiger charge is 2.44. The minimum absolute atomic E-state index is 0.336. The first-order valence-electron chi connectivity index (χ1n) is 6.77. The third-order valence-corrected chi connectivity index (χ3v) is 3.95. The average Bonchev–Trinajstić information content (AvgIpc) is 2.37. The second kappa shape index (κ2) is 6.11. The molecule has 0 saturated carbocycles. The molecule has 2 amide bonds. The van der Waals surface area contributed by atoms with Crippen LogP contribution < -0.4 is 10.6 Å². The lowest BCUT2D eigenvalue weighted by Gasteiger charge is -2.38. The number of aliphatic carboxylic acids is 1. The SMILES string of the molecule is Cc1ccc(CNC(=O)NC(C)(C)C(C)(C)C(=O)O)cn1. The fourth-order valence-corrected chi connectivity index (χ4v) is 1.54. The van der Waals surface area contributed by atoms with E-state index in [2.05, 4.69) is 15.6 Å². The minimum atomic E-state index is -1.09. The summed E-state index contributed by atoms with van der Waals surface area (Å²) in [6, 6.07) is 3.34. The van der Waals surface area contributed by atoms with Gasteiger partial charge in [0.05, 0.1) is 11.0 Å². The minimum Gasteiger partial charge on any atom is -0.481 e. The first-order chi connectivity index (χ1) is 9.56. The smallest absolute Gasteiger partial charge is 0.315 e. The summed E-state index contributed by atoms with van der Waals surface area (Å²) in [5.74, 6) is -0.962. The molecule has 0 radical (unpaired) electrons. The first-order valence-corrected chi connectivity index (χ1v) is 6.77. The maximum atomic E-state index is 11.9. The number of rotatable bonds is 5. The lowest BCUT2D eigenvalue weighted by molar-refractivity contribution is -0.150. The number of carboxylic acids is 1. The van der Waals surface area contributed by atoms with Crippen LogP contribution in [-0.2, 0) is 11.3 Å². The summed E-state index contributed by atoms with van der Waals surface area (Å²) in [7, 11) is 0. The lowest BCUT2D eigenvalue weighted by Crippen LogP contribution is -2.58. The molecular weight excluding hydrogens is 270 g/mol. The van der Waals surface area contributed by atoms with Gasteiger partial charge in [-0.25, -0.2) is 4.79 Å². The Labute approximate surface area is 125 Å². The van der Waals surface area contributed by atoms with Gasteiger partial charge in [0.1, 0.15) is 0 Å². The number of carbonyl (C=O) groups is 2. The van der Waals surface area contributed by atoms with Gasteiger partial charge in [0.25, 0.3) is 0 Å². The molecule has 3 N–H and O–H groups in total. The fraction of sp³-hybridized carbons (Fsp3) is 0.533. The Bertz CT molecular complexity index is 521. The Kier molecular flexibility index (Phi) is 4.93. The molecular formula is C15H23N3O3. The molecule has 0 aliphatic rings. The van der Waals surface area contributed by atoms with Crippen LogP contribution in [0.15, 0.2) is 18.3 Å². The van der Waals surface area contributed by atoms with Crippen molar-refractivity contribution in [3.8, 4) is 0 Å². The number of nitrogens with one attached hydrogen (secondary N) is 2. The Morgan fingerprint density at radius 1 is 1.24 bits per heavy atom. The largest absolute Gasteiger partial charge is 0.481 e. The molecule has 6 nitrogen and oxygen atoms in total. The van der Waals surface area contributed by atoms with Crippen LogP contribution >= 0.6 is 0 Å². The number of nitrogens with zero attached hydrogens (tertiary/aromatic N) is 1. The highest BCUT2D eigenvalue weighted by Crippen LogP contribution is 2.30. The van der Waals surface area contributed by atoms with Gasteiger partial charge in [-0.3, -0.25) is 9.78 Å². The molecule has 0 saturated heterocycles. The van der Waals surface area contributed by atoms with Gasteiger partial charge in [-0.15, -0.1) is 0 Å². The topological polar surface area (TPSA) is 91.3 Å². The van der Waals surface area contributed by atoms with Crippen molar-refractivity contribution in [3.63, 3.8) is 0 Å². The Balaban J connectivity index is 2.61. The zero-order valence-electron chi connectivity index (χ0n) is 13.2. The van der Waals surface area contributed by atoms with Gasteiger partial charge in [0, 0.05) is 18.4 Å². The maximum absolute atomic E-state index is 11.9. The quantitative estimate of drug-likeness (QED) is 0.775. The molecule has 0 atom stereocenters. The molecule has 0 aliphatic carbocycles. The summed E-state index contributed by atoms with van der Waals surface area (Å²) < 4.78 is 0. The zero-order valence-corrected chi connectivity index (χ0v) is 13.2. The number of carboxylic acid groups (broad SMARTS) is 1. The third kappa shape index (κ3) is 4.18. The summed E-state index contributed by atoms with van der Waals surface area (Å²) in [4.78, 5) is 27.4. The number of hydrogen-bond donors (Lipinski definition) is 3. The normalized spacial score (nSPS) is 11.9. The molecule has 1 rings (SSSR count). The maximum Gasteiger partial charge on any atom is 0.315 e. The van der Waals surface area contributed by atoms with Crippen LogP contribution in [0.1, 0.15) is 39.0 Å². The van der Waals surface area contributed by atoms with E-state index in [1.807, 2.05) is 19.1 Å². The predicted molar refractivity (Wildman–Crippen MR) is 79.8 cm³/mol. The van der Waals surface area contributed by atoms with Gasteiger partial charge in [-0.1, -0.05) is 6.07 Å². The van der Waals surface area contributed by atoms with Crippen LogP contribution in [0, 0.1) is 12.3 Å². The second-order valence-corrected chi connectivity index (χ2v) is 6.17. The van der Waals surface area contributed by atoms with Crippen LogP contribution in [0.4, 0.5) is 4.79 Å². The van der Waals surface area contributed by atoms with Crippen molar-refractivity contribution in [1.82, 2.24) is 15.6 Å². The molecule has 0 unspecified atom stereocenters.